The van der Waals surface area contributed by atoms with Crippen LogP contribution < -0.4 is 11.1 Å². The minimum Gasteiger partial charge on any atom is -0.381 e. The molecule has 0 aromatic heterocycles. The zero-order valence-corrected chi connectivity index (χ0v) is 14.5. The highest BCUT2D eigenvalue weighted by Crippen LogP contribution is 2.15. The van der Waals surface area contributed by atoms with E-state index in [0.717, 1.165) is 39.0 Å². The van der Waals surface area contributed by atoms with Crippen LogP contribution in [-0.2, 0) is 9.53 Å². The Morgan fingerprint density at radius 3 is 2.48 bits per heavy atom. The highest BCUT2D eigenvalue weighted by Gasteiger charge is 2.28. The van der Waals surface area contributed by atoms with E-state index >= 15 is 0 Å². The molecule has 0 fully saturated rings. The highest BCUT2D eigenvalue weighted by atomic mass is 16.5. The number of amides is 1. The number of likely N-dealkylation sites (N-methyl/N-ethyl adjacent to an activating group) is 1. The lowest BCUT2D eigenvalue weighted by Gasteiger charge is -2.27. The van der Waals surface area contributed by atoms with Crippen LogP contribution in [0.4, 0.5) is 0 Å². The third-order valence-electron chi connectivity index (χ3n) is 4.22. The molecule has 0 aliphatic heterocycles. The van der Waals surface area contributed by atoms with Crippen LogP contribution in [0.1, 0.15) is 72.6 Å². The van der Waals surface area contributed by atoms with Crippen LogP contribution in [0.3, 0.4) is 0 Å². The molecule has 0 heterocycles. The van der Waals surface area contributed by atoms with Gasteiger partial charge in [0.2, 0.25) is 5.91 Å². The number of hydrogen-bond acceptors (Lipinski definition) is 3. The van der Waals surface area contributed by atoms with Gasteiger partial charge in [-0.3, -0.25) is 4.79 Å². The molecule has 2 unspecified atom stereocenters. The molecule has 21 heavy (non-hydrogen) atoms. The number of carbonyl (C=O) groups excluding carboxylic acids is 1. The van der Waals surface area contributed by atoms with E-state index in [1.54, 1.807) is 0 Å². The number of nitrogens with one attached hydrogen (secondary N) is 1. The van der Waals surface area contributed by atoms with Crippen molar-refractivity contribution in [2.75, 3.05) is 19.8 Å². The molecule has 0 saturated carbocycles. The molecule has 4 heteroatoms. The fraction of sp³-hybridized carbons (Fsp3) is 0.941. The lowest BCUT2D eigenvalue weighted by atomic mass is 9.94. The van der Waals surface area contributed by atoms with Gasteiger partial charge in [-0.2, -0.15) is 0 Å². The maximum absolute atomic E-state index is 11.5. The summed E-state index contributed by atoms with van der Waals surface area (Å²) in [5.74, 6) is 0.429. The van der Waals surface area contributed by atoms with Gasteiger partial charge in [0.15, 0.2) is 0 Å². The molecule has 0 aromatic carbocycles. The van der Waals surface area contributed by atoms with E-state index in [-0.39, 0.29) is 5.91 Å². The molecule has 126 valence electrons. The van der Waals surface area contributed by atoms with E-state index < -0.39 is 5.54 Å². The molecule has 0 aliphatic carbocycles. The summed E-state index contributed by atoms with van der Waals surface area (Å²) in [5.41, 5.74) is 4.89. The van der Waals surface area contributed by atoms with Gasteiger partial charge in [0.05, 0.1) is 5.54 Å². The van der Waals surface area contributed by atoms with E-state index in [2.05, 4.69) is 19.2 Å². The number of nitrogens with two attached hydrogens (primary N) is 1. The van der Waals surface area contributed by atoms with Crippen LogP contribution in [0.2, 0.25) is 0 Å². The van der Waals surface area contributed by atoms with Crippen molar-refractivity contribution in [2.24, 2.45) is 11.7 Å². The minimum absolute atomic E-state index is 0.268. The lowest BCUT2D eigenvalue weighted by Crippen LogP contribution is -2.52. The van der Waals surface area contributed by atoms with Crippen LogP contribution in [0.15, 0.2) is 0 Å². The number of hydrogen-bond donors (Lipinski definition) is 2. The summed E-state index contributed by atoms with van der Waals surface area (Å²) in [7, 11) is 0. The average molecular weight is 300 g/mol. The van der Waals surface area contributed by atoms with Gasteiger partial charge in [-0.1, -0.05) is 40.0 Å². The second-order valence-corrected chi connectivity index (χ2v) is 6.18. The standard InChI is InChI=1S/C17H36N2O2/c1-5-8-11-15(6-2)14-21-13-10-9-12-17(4,16(18)20)19-7-3/h15,19H,5-14H2,1-4H3,(H2,18,20). The predicted molar refractivity (Wildman–Crippen MR) is 89.3 cm³/mol. The first-order chi connectivity index (χ1) is 10.00. The summed E-state index contributed by atoms with van der Waals surface area (Å²) >= 11 is 0. The number of unbranched alkanes of at least 4 members (excludes halogenated alkanes) is 2. The molecular weight excluding hydrogens is 264 g/mol. The summed E-state index contributed by atoms with van der Waals surface area (Å²) in [6, 6.07) is 0. The van der Waals surface area contributed by atoms with Crippen molar-refractivity contribution < 1.29 is 9.53 Å². The highest BCUT2D eigenvalue weighted by molar-refractivity contribution is 5.84. The Hall–Kier alpha value is -0.610. The van der Waals surface area contributed by atoms with Gasteiger partial charge in [-0.15, -0.1) is 0 Å². The normalized spacial score (nSPS) is 15.6. The zero-order valence-electron chi connectivity index (χ0n) is 14.5. The van der Waals surface area contributed by atoms with Gasteiger partial charge in [0.25, 0.3) is 0 Å². The molecule has 0 aliphatic rings. The second-order valence-electron chi connectivity index (χ2n) is 6.18. The SMILES string of the molecule is CCCCC(CC)COCCCCC(C)(NCC)C(N)=O. The number of carbonyl (C=O) groups is 1. The van der Waals surface area contributed by atoms with Crippen molar-refractivity contribution in [2.45, 2.75) is 78.2 Å². The molecule has 0 radical (unpaired) electrons. The van der Waals surface area contributed by atoms with Gasteiger partial charge in [-0.25, -0.2) is 0 Å². The van der Waals surface area contributed by atoms with Crippen molar-refractivity contribution in [3.63, 3.8) is 0 Å². The fourth-order valence-electron chi connectivity index (χ4n) is 2.52. The molecule has 0 rings (SSSR count). The Kier molecular flexibility index (Phi) is 11.6. The molecule has 4 nitrogen and oxygen atoms in total. The monoisotopic (exact) mass is 300 g/mol. The van der Waals surface area contributed by atoms with Gasteiger partial charge in [0, 0.05) is 13.2 Å². The molecule has 1 amide bonds. The fourth-order valence-corrected chi connectivity index (χ4v) is 2.52. The van der Waals surface area contributed by atoms with Gasteiger partial charge in [0.1, 0.15) is 0 Å². The summed E-state index contributed by atoms with van der Waals surface area (Å²) < 4.78 is 5.78. The van der Waals surface area contributed by atoms with Crippen molar-refractivity contribution in [1.29, 1.82) is 0 Å². The summed E-state index contributed by atoms with van der Waals surface area (Å²) in [6.45, 7) is 10.8. The predicted octanol–water partition coefficient (Wildman–Crippen LogP) is 3.24. The van der Waals surface area contributed by atoms with Crippen LogP contribution in [-0.4, -0.2) is 31.2 Å². The topological polar surface area (TPSA) is 64.3 Å². The summed E-state index contributed by atoms with van der Waals surface area (Å²) in [4.78, 5) is 11.5. The van der Waals surface area contributed by atoms with Crippen LogP contribution >= 0.6 is 0 Å². The van der Waals surface area contributed by atoms with Gasteiger partial charge < -0.3 is 15.8 Å². The number of ether oxygens (including phenoxy) is 1. The van der Waals surface area contributed by atoms with Crippen molar-refractivity contribution >= 4 is 5.91 Å². The van der Waals surface area contributed by atoms with Crippen molar-refractivity contribution in [3.05, 3.63) is 0 Å². The molecular formula is C17H36N2O2. The van der Waals surface area contributed by atoms with Crippen LogP contribution in [0, 0.1) is 5.92 Å². The number of primary amides is 1. The maximum atomic E-state index is 11.5. The average Bonchev–Trinajstić information content (AvgIpc) is 2.45. The molecule has 3 N–H and O–H groups in total. The van der Waals surface area contributed by atoms with E-state index in [4.69, 9.17) is 10.5 Å². The third-order valence-corrected chi connectivity index (χ3v) is 4.22. The first kappa shape index (κ1) is 20.4. The summed E-state index contributed by atoms with van der Waals surface area (Å²) in [5, 5.41) is 3.18. The van der Waals surface area contributed by atoms with E-state index in [9.17, 15) is 4.79 Å². The third kappa shape index (κ3) is 9.10. The summed E-state index contributed by atoms with van der Waals surface area (Å²) in [6.07, 6.45) is 7.73. The minimum atomic E-state index is -0.582. The largest absolute Gasteiger partial charge is 0.381 e. The first-order valence-corrected chi connectivity index (χ1v) is 8.62. The van der Waals surface area contributed by atoms with Gasteiger partial charge in [-0.05, 0) is 45.1 Å². The molecule has 0 aromatic rings. The second kappa shape index (κ2) is 12.0. The van der Waals surface area contributed by atoms with E-state index in [1.165, 1.54) is 25.7 Å². The Balaban J connectivity index is 3.77. The van der Waals surface area contributed by atoms with Crippen LogP contribution in [0.25, 0.3) is 0 Å². The smallest absolute Gasteiger partial charge is 0.237 e. The zero-order chi connectivity index (χ0) is 16.1. The Morgan fingerprint density at radius 1 is 1.24 bits per heavy atom. The van der Waals surface area contributed by atoms with Gasteiger partial charge >= 0.3 is 0 Å². The first-order valence-electron chi connectivity index (χ1n) is 8.62. The number of rotatable bonds is 14. The maximum Gasteiger partial charge on any atom is 0.237 e. The van der Waals surface area contributed by atoms with E-state index in [0.29, 0.717) is 5.92 Å². The lowest BCUT2D eigenvalue weighted by molar-refractivity contribution is -0.124. The van der Waals surface area contributed by atoms with Crippen molar-refractivity contribution in [3.8, 4) is 0 Å². The van der Waals surface area contributed by atoms with Crippen molar-refractivity contribution in [1.82, 2.24) is 5.32 Å². The molecule has 0 spiro atoms. The Labute approximate surface area is 131 Å². The van der Waals surface area contributed by atoms with E-state index in [1.807, 2.05) is 13.8 Å². The Bertz CT molecular complexity index is 272. The molecule has 0 bridgehead atoms. The Morgan fingerprint density at radius 2 is 1.95 bits per heavy atom. The molecule has 0 saturated heterocycles. The quantitative estimate of drug-likeness (QED) is 0.484. The van der Waals surface area contributed by atoms with Crippen LogP contribution in [0.5, 0.6) is 0 Å². The molecule has 2 atom stereocenters.